The van der Waals surface area contributed by atoms with Crippen LogP contribution in [0.3, 0.4) is 0 Å². The first-order chi connectivity index (χ1) is 9.23. The molecule has 1 aromatic carbocycles. The van der Waals surface area contributed by atoms with Crippen LogP contribution < -0.4 is 9.42 Å². The van der Waals surface area contributed by atoms with Gasteiger partial charge in [0.15, 0.2) is 7.60 Å². The van der Waals surface area contributed by atoms with E-state index in [0.29, 0.717) is 17.9 Å². The molecule has 1 aromatic rings. The fourth-order valence-corrected chi connectivity index (χ4v) is 2.00. The summed E-state index contributed by atoms with van der Waals surface area (Å²) in [6, 6.07) is 7.01. The first-order valence-corrected chi connectivity index (χ1v) is 8.35. The van der Waals surface area contributed by atoms with Crippen LogP contribution in [0, 0.1) is 0 Å². The maximum absolute atomic E-state index is 11.5. The number of quaternary nitrogens is 1. The molecule has 20 heavy (non-hydrogen) atoms. The summed E-state index contributed by atoms with van der Waals surface area (Å²) in [6.07, 6.45) is 1.64. The predicted molar refractivity (Wildman–Crippen MR) is 80.6 cm³/mol. The summed E-state index contributed by atoms with van der Waals surface area (Å²) in [4.78, 5) is 15.9. The van der Waals surface area contributed by atoms with Crippen LogP contribution in [0.25, 0.3) is 0 Å². The average molecular weight is 298 g/mol. The molecule has 0 aliphatic carbocycles. The zero-order valence-corrected chi connectivity index (χ0v) is 13.5. The second-order valence-corrected chi connectivity index (χ2v) is 7.64. The van der Waals surface area contributed by atoms with E-state index in [0.717, 1.165) is 11.0 Å². The van der Waals surface area contributed by atoms with Gasteiger partial charge >= 0.3 is 0 Å². The van der Waals surface area contributed by atoms with E-state index in [1.165, 1.54) is 0 Å². The van der Waals surface area contributed by atoms with E-state index in [2.05, 4.69) is 26.1 Å². The van der Waals surface area contributed by atoms with E-state index in [1.807, 2.05) is 6.07 Å². The minimum Gasteiger partial charge on any atom is -0.769 e. The van der Waals surface area contributed by atoms with Crippen molar-refractivity contribution in [3.63, 3.8) is 0 Å². The molecule has 0 amide bonds. The van der Waals surface area contributed by atoms with Gasteiger partial charge in [-0.1, -0.05) is 19.1 Å². The molecule has 0 spiro atoms. The van der Waals surface area contributed by atoms with Crippen LogP contribution in [0.1, 0.15) is 12.5 Å². The first-order valence-electron chi connectivity index (χ1n) is 6.62. The predicted octanol–water partition coefficient (Wildman–Crippen LogP) is 1.76. The van der Waals surface area contributed by atoms with Crippen molar-refractivity contribution in [2.75, 3.05) is 40.4 Å². The van der Waals surface area contributed by atoms with Crippen LogP contribution in [0.4, 0.5) is 0 Å². The molecule has 6 heteroatoms. The van der Waals surface area contributed by atoms with Crippen LogP contribution in [-0.4, -0.2) is 51.1 Å². The van der Waals surface area contributed by atoms with Crippen molar-refractivity contribution < 1.29 is 18.5 Å². The Morgan fingerprint density at radius 2 is 2.00 bits per heavy atom. The normalized spacial score (nSPS) is 15.2. The number of rotatable bonds is 7. The monoisotopic (exact) mass is 298 g/mol. The van der Waals surface area contributed by atoms with E-state index in [4.69, 9.17) is 4.52 Å². The lowest BCUT2D eigenvalue weighted by atomic mass is 10.2. The first kappa shape index (κ1) is 16.9. The third kappa shape index (κ3) is 6.33. The summed E-state index contributed by atoms with van der Waals surface area (Å²) in [6.45, 7) is 3.15. The number of likely N-dealkylation sites (N-methyl/N-ethyl adjacent to an activating group) is 1. The Labute approximate surface area is 121 Å². The van der Waals surface area contributed by atoms with Gasteiger partial charge < -0.3 is 13.9 Å². The maximum Gasteiger partial charge on any atom is 0.184 e. The summed E-state index contributed by atoms with van der Waals surface area (Å²) in [5, 5.41) is 0. The summed E-state index contributed by atoms with van der Waals surface area (Å²) in [5.74, 6) is 0.335. The Bertz CT molecular complexity index is 509. The van der Waals surface area contributed by atoms with Gasteiger partial charge in [-0.05, 0) is 12.1 Å². The number of hydrogen-bond acceptors (Lipinski definition) is 4. The Morgan fingerprint density at radius 1 is 1.35 bits per heavy atom. The molecule has 112 valence electrons. The largest absolute Gasteiger partial charge is 0.769 e. The Hall–Kier alpha value is -1.16. The highest BCUT2D eigenvalue weighted by Gasteiger charge is 2.09. The molecule has 5 nitrogen and oxygen atoms in total. The second kappa shape index (κ2) is 7.02. The number of benzene rings is 1. The topological polar surface area (TPSA) is 61.7 Å². The highest BCUT2D eigenvalue weighted by atomic mass is 31.2. The fraction of sp³-hybridized carbons (Fsp3) is 0.500. The number of para-hydroxylation sites is 1. The molecular formula is C14H23N2O3P. The lowest BCUT2D eigenvalue weighted by Gasteiger charge is -2.23. The van der Waals surface area contributed by atoms with Crippen molar-refractivity contribution in [2.24, 2.45) is 4.99 Å². The molecule has 0 aromatic heterocycles. The Morgan fingerprint density at radius 3 is 2.60 bits per heavy atom. The second-order valence-electron chi connectivity index (χ2n) is 5.61. The molecule has 0 bridgehead atoms. The van der Waals surface area contributed by atoms with Crippen molar-refractivity contribution in [1.82, 2.24) is 0 Å². The Kier molecular flexibility index (Phi) is 5.93. The van der Waals surface area contributed by atoms with Gasteiger partial charge in [-0.3, -0.25) is 9.56 Å². The zero-order chi connectivity index (χ0) is 15.2. The number of hydrogen-bond donors (Lipinski definition) is 0. The van der Waals surface area contributed by atoms with Crippen molar-refractivity contribution in [1.29, 1.82) is 0 Å². The number of aliphatic imine (C=N–C) groups is 1. The molecule has 1 atom stereocenters. The van der Waals surface area contributed by atoms with Crippen molar-refractivity contribution >= 4 is 13.8 Å². The standard InChI is InChI=1S/C14H23N2O3P/c1-5-20(17,18)19-14-9-7-6-8-13(14)12-15-10-11-16(2,3)4/h6-9,12H,5,10-11H2,1-4H3. The molecule has 0 fully saturated rings. The molecule has 1 rings (SSSR count). The molecule has 0 saturated carbocycles. The van der Waals surface area contributed by atoms with Crippen molar-refractivity contribution in [3.05, 3.63) is 29.8 Å². The summed E-state index contributed by atoms with van der Waals surface area (Å²) in [7, 11) is 2.49. The summed E-state index contributed by atoms with van der Waals surface area (Å²) in [5.41, 5.74) is 0.679. The van der Waals surface area contributed by atoms with Crippen LogP contribution >= 0.6 is 7.60 Å². The highest BCUT2D eigenvalue weighted by molar-refractivity contribution is 7.51. The highest BCUT2D eigenvalue weighted by Crippen LogP contribution is 2.38. The Balaban J connectivity index is 2.76. The third-order valence-corrected chi connectivity index (χ3v) is 3.92. The fourth-order valence-electron chi connectivity index (χ4n) is 1.41. The zero-order valence-electron chi connectivity index (χ0n) is 12.6. The minimum atomic E-state index is -3.80. The van der Waals surface area contributed by atoms with Crippen LogP contribution in [-0.2, 0) is 4.57 Å². The molecule has 0 N–H and O–H groups in total. The maximum atomic E-state index is 11.5. The smallest absolute Gasteiger partial charge is 0.184 e. The molecular weight excluding hydrogens is 275 g/mol. The van der Waals surface area contributed by atoms with Gasteiger partial charge in [-0.15, -0.1) is 0 Å². The van der Waals surface area contributed by atoms with E-state index in [9.17, 15) is 9.46 Å². The van der Waals surface area contributed by atoms with Crippen LogP contribution in [0.5, 0.6) is 5.75 Å². The molecule has 0 saturated heterocycles. The molecule has 0 heterocycles. The van der Waals surface area contributed by atoms with E-state index in [1.54, 1.807) is 31.3 Å². The van der Waals surface area contributed by atoms with Gasteiger partial charge in [0, 0.05) is 17.9 Å². The average Bonchev–Trinajstić information content (AvgIpc) is 2.35. The van der Waals surface area contributed by atoms with Gasteiger partial charge in [0.25, 0.3) is 0 Å². The molecule has 0 aliphatic heterocycles. The van der Waals surface area contributed by atoms with Gasteiger partial charge in [0.2, 0.25) is 0 Å². The van der Waals surface area contributed by atoms with Gasteiger partial charge in [-0.2, -0.15) is 0 Å². The van der Waals surface area contributed by atoms with Gasteiger partial charge in [0.1, 0.15) is 5.75 Å². The number of nitrogens with zero attached hydrogens (tertiary/aromatic N) is 2. The molecule has 0 radical (unpaired) electrons. The lowest BCUT2D eigenvalue weighted by molar-refractivity contribution is -0.868. The van der Waals surface area contributed by atoms with Crippen LogP contribution in [0.2, 0.25) is 0 Å². The van der Waals surface area contributed by atoms with E-state index in [-0.39, 0.29) is 6.16 Å². The van der Waals surface area contributed by atoms with E-state index >= 15 is 0 Å². The van der Waals surface area contributed by atoms with E-state index < -0.39 is 7.60 Å². The minimum absolute atomic E-state index is 0.0278. The van der Waals surface area contributed by atoms with Gasteiger partial charge in [-0.25, -0.2) is 0 Å². The van der Waals surface area contributed by atoms with Gasteiger partial charge in [0.05, 0.1) is 34.2 Å². The third-order valence-electron chi connectivity index (χ3n) is 2.67. The van der Waals surface area contributed by atoms with Crippen LogP contribution in [0.15, 0.2) is 29.3 Å². The van der Waals surface area contributed by atoms with Crippen molar-refractivity contribution in [3.8, 4) is 5.75 Å². The summed E-state index contributed by atoms with van der Waals surface area (Å²) < 4.78 is 17.5. The quantitative estimate of drug-likeness (QED) is 0.438. The summed E-state index contributed by atoms with van der Waals surface area (Å²) >= 11 is 0. The lowest BCUT2D eigenvalue weighted by Crippen LogP contribution is -2.36. The molecule has 1 unspecified atom stereocenters. The SMILES string of the molecule is CCP(=O)([O-])Oc1ccccc1C=NCC[N+](C)(C)C. The van der Waals surface area contributed by atoms with Crippen molar-refractivity contribution in [2.45, 2.75) is 6.92 Å². The molecule has 0 aliphatic rings.